The predicted molar refractivity (Wildman–Crippen MR) is 45.9 cm³/mol. The molecular formula is C8H10N2O5. The molecule has 0 radical (unpaired) electrons. The second-order valence-corrected chi connectivity index (χ2v) is 2.91. The average molecular weight is 214 g/mol. The minimum atomic E-state index is -1.28. The number of aliphatic carboxylic acids is 1. The molecule has 0 aliphatic heterocycles. The summed E-state index contributed by atoms with van der Waals surface area (Å²) >= 11 is 0. The third kappa shape index (κ3) is 2.52. The van der Waals surface area contributed by atoms with Crippen LogP contribution < -0.4 is 0 Å². The average Bonchev–Trinajstić information content (AvgIpc) is 2.59. The fraction of sp³-hybridized carbons (Fsp3) is 0.500. The number of carbonyl (C=O) groups excluding carboxylic acids is 1. The Morgan fingerprint density at radius 1 is 1.53 bits per heavy atom. The van der Waals surface area contributed by atoms with Crippen LogP contribution in [0.3, 0.4) is 0 Å². The van der Waals surface area contributed by atoms with Crippen molar-refractivity contribution < 1.29 is 24.1 Å². The fourth-order valence-electron chi connectivity index (χ4n) is 1.04. The molecule has 1 N–H and O–H groups in total. The number of hydrogen-bond acceptors (Lipinski definition) is 6. The van der Waals surface area contributed by atoms with E-state index >= 15 is 0 Å². The Hall–Kier alpha value is -1.92. The highest BCUT2D eigenvalue weighted by molar-refractivity contribution is 5.94. The van der Waals surface area contributed by atoms with Gasteiger partial charge in [-0.3, -0.25) is 9.59 Å². The topological polar surface area (TPSA) is 103 Å². The van der Waals surface area contributed by atoms with Crippen LogP contribution in [0.25, 0.3) is 0 Å². The van der Waals surface area contributed by atoms with E-state index < -0.39 is 17.9 Å². The molecule has 0 bridgehead atoms. The first kappa shape index (κ1) is 11.2. The first-order chi connectivity index (χ1) is 7.06. The summed E-state index contributed by atoms with van der Waals surface area (Å²) in [4.78, 5) is 21.9. The van der Waals surface area contributed by atoms with Gasteiger partial charge in [-0.15, -0.1) is 0 Å². The predicted octanol–water partition coefficient (Wildman–Crippen LogP) is -0.206. The second kappa shape index (κ2) is 4.54. The van der Waals surface area contributed by atoms with Crippen molar-refractivity contribution in [2.24, 2.45) is 5.92 Å². The van der Waals surface area contributed by atoms with E-state index in [1.807, 2.05) is 0 Å². The summed E-state index contributed by atoms with van der Waals surface area (Å²) in [6.45, 7) is 1.61. The van der Waals surface area contributed by atoms with E-state index in [0.717, 1.165) is 7.11 Å². The van der Waals surface area contributed by atoms with Crippen LogP contribution in [0.1, 0.15) is 11.4 Å². The Bertz CT molecular complexity index is 373. The van der Waals surface area contributed by atoms with E-state index in [1.165, 1.54) is 0 Å². The SMILES string of the molecule is COC(=O)C(Cc1nonc1C)C(=O)O. The Morgan fingerprint density at radius 2 is 2.20 bits per heavy atom. The molecule has 7 heteroatoms. The molecule has 0 amide bonds. The number of carboxylic acid groups (broad SMARTS) is 1. The van der Waals surface area contributed by atoms with Gasteiger partial charge in [0.2, 0.25) is 0 Å². The third-order valence-corrected chi connectivity index (χ3v) is 1.93. The van der Waals surface area contributed by atoms with Crippen molar-refractivity contribution in [3.8, 4) is 0 Å². The summed E-state index contributed by atoms with van der Waals surface area (Å²) in [7, 11) is 1.13. The molecule has 0 aromatic carbocycles. The minimum Gasteiger partial charge on any atom is -0.481 e. The number of carbonyl (C=O) groups is 2. The van der Waals surface area contributed by atoms with Crippen molar-refractivity contribution >= 4 is 11.9 Å². The van der Waals surface area contributed by atoms with Crippen LogP contribution in [0.2, 0.25) is 0 Å². The van der Waals surface area contributed by atoms with E-state index in [-0.39, 0.29) is 6.42 Å². The number of esters is 1. The molecule has 7 nitrogen and oxygen atoms in total. The van der Waals surface area contributed by atoms with Crippen molar-refractivity contribution in [1.29, 1.82) is 0 Å². The number of aryl methyl sites for hydroxylation is 1. The van der Waals surface area contributed by atoms with E-state index in [1.54, 1.807) is 6.92 Å². The van der Waals surface area contributed by atoms with Gasteiger partial charge in [-0.05, 0) is 6.92 Å². The van der Waals surface area contributed by atoms with Gasteiger partial charge >= 0.3 is 11.9 Å². The van der Waals surface area contributed by atoms with Crippen molar-refractivity contribution in [2.75, 3.05) is 7.11 Å². The molecule has 0 fully saturated rings. The van der Waals surface area contributed by atoms with E-state index in [4.69, 9.17) is 5.11 Å². The quantitative estimate of drug-likeness (QED) is 0.546. The molecule has 1 aromatic heterocycles. The van der Waals surface area contributed by atoms with Crippen LogP contribution in [-0.4, -0.2) is 34.5 Å². The van der Waals surface area contributed by atoms with E-state index in [9.17, 15) is 9.59 Å². The highest BCUT2D eigenvalue weighted by Gasteiger charge is 2.29. The molecule has 0 aliphatic rings. The highest BCUT2D eigenvalue weighted by Crippen LogP contribution is 2.11. The molecule has 0 aliphatic carbocycles. The highest BCUT2D eigenvalue weighted by atomic mass is 16.6. The van der Waals surface area contributed by atoms with Crippen molar-refractivity contribution in [1.82, 2.24) is 10.3 Å². The zero-order valence-electron chi connectivity index (χ0n) is 8.26. The largest absolute Gasteiger partial charge is 0.481 e. The molecule has 82 valence electrons. The number of carboxylic acids is 1. The molecular weight excluding hydrogens is 204 g/mol. The van der Waals surface area contributed by atoms with Crippen molar-refractivity contribution in [3.05, 3.63) is 11.4 Å². The maximum Gasteiger partial charge on any atom is 0.320 e. The summed E-state index contributed by atoms with van der Waals surface area (Å²) < 4.78 is 8.76. The zero-order chi connectivity index (χ0) is 11.4. The number of methoxy groups -OCH3 is 1. The fourth-order valence-corrected chi connectivity index (χ4v) is 1.04. The number of nitrogens with zero attached hydrogens (tertiary/aromatic N) is 2. The Balaban J connectivity index is 2.80. The summed E-state index contributed by atoms with van der Waals surface area (Å²) in [5.74, 6) is -3.35. The van der Waals surface area contributed by atoms with Crippen LogP contribution in [0.5, 0.6) is 0 Å². The minimum absolute atomic E-state index is 0.0860. The molecule has 1 rings (SSSR count). The van der Waals surface area contributed by atoms with Gasteiger partial charge in [0.25, 0.3) is 0 Å². The van der Waals surface area contributed by atoms with Crippen LogP contribution in [0.4, 0.5) is 0 Å². The molecule has 0 saturated heterocycles. The standard InChI is InChI=1S/C8H10N2O5/c1-4-6(10-15-9-4)3-5(7(11)12)8(13)14-2/h5H,3H2,1-2H3,(H,11,12). The number of aromatic nitrogens is 2. The van der Waals surface area contributed by atoms with Crippen molar-refractivity contribution in [2.45, 2.75) is 13.3 Å². The first-order valence-corrected chi connectivity index (χ1v) is 4.15. The summed E-state index contributed by atoms with van der Waals surface area (Å²) in [5.41, 5.74) is 0.804. The van der Waals surface area contributed by atoms with Gasteiger partial charge in [0.15, 0.2) is 5.92 Å². The van der Waals surface area contributed by atoms with Crippen LogP contribution in [0, 0.1) is 12.8 Å². The van der Waals surface area contributed by atoms with Crippen LogP contribution in [-0.2, 0) is 20.7 Å². The summed E-state index contributed by atoms with van der Waals surface area (Å²) in [6.07, 6.45) is -0.0860. The van der Waals surface area contributed by atoms with Crippen LogP contribution in [0.15, 0.2) is 4.63 Å². The lowest BCUT2D eigenvalue weighted by molar-refractivity contribution is -0.156. The third-order valence-electron chi connectivity index (χ3n) is 1.93. The summed E-state index contributed by atoms with van der Waals surface area (Å²) in [6, 6.07) is 0. The number of ether oxygens (including phenoxy) is 1. The maximum atomic E-state index is 11.1. The molecule has 1 heterocycles. The smallest absolute Gasteiger partial charge is 0.320 e. The van der Waals surface area contributed by atoms with Gasteiger partial charge in [0, 0.05) is 6.42 Å². The van der Waals surface area contributed by atoms with Gasteiger partial charge in [-0.1, -0.05) is 10.3 Å². The Morgan fingerprint density at radius 3 is 2.60 bits per heavy atom. The molecule has 0 saturated carbocycles. The van der Waals surface area contributed by atoms with Gasteiger partial charge in [0.05, 0.1) is 7.11 Å². The normalized spacial score (nSPS) is 12.1. The monoisotopic (exact) mass is 214 g/mol. The maximum absolute atomic E-state index is 11.1. The Kier molecular flexibility index (Phi) is 3.37. The van der Waals surface area contributed by atoms with E-state index in [2.05, 4.69) is 19.7 Å². The van der Waals surface area contributed by atoms with Gasteiger partial charge < -0.3 is 9.84 Å². The zero-order valence-corrected chi connectivity index (χ0v) is 8.26. The molecule has 1 unspecified atom stereocenters. The summed E-state index contributed by atoms with van der Waals surface area (Å²) in [5, 5.41) is 15.8. The number of rotatable bonds is 4. The van der Waals surface area contributed by atoms with Gasteiger partial charge in [-0.25, -0.2) is 4.63 Å². The second-order valence-electron chi connectivity index (χ2n) is 2.91. The lowest BCUT2D eigenvalue weighted by Crippen LogP contribution is -2.27. The van der Waals surface area contributed by atoms with Gasteiger partial charge in [-0.2, -0.15) is 0 Å². The molecule has 0 spiro atoms. The molecule has 1 atom stereocenters. The van der Waals surface area contributed by atoms with E-state index in [0.29, 0.717) is 11.4 Å². The molecule has 1 aromatic rings. The Labute approximate surface area is 85.0 Å². The van der Waals surface area contributed by atoms with Crippen molar-refractivity contribution in [3.63, 3.8) is 0 Å². The first-order valence-electron chi connectivity index (χ1n) is 4.15. The van der Waals surface area contributed by atoms with Gasteiger partial charge in [0.1, 0.15) is 11.4 Å². The van der Waals surface area contributed by atoms with Crippen LogP contribution >= 0.6 is 0 Å². The molecule has 15 heavy (non-hydrogen) atoms. The lowest BCUT2D eigenvalue weighted by Gasteiger charge is -2.07. The number of hydrogen-bond donors (Lipinski definition) is 1. The lowest BCUT2D eigenvalue weighted by atomic mass is 10.0.